The molecule has 0 aliphatic heterocycles. The van der Waals surface area contributed by atoms with Crippen LogP contribution in [-0.2, 0) is 11.3 Å². The number of hydrogen-bond donors (Lipinski definition) is 0. The van der Waals surface area contributed by atoms with Gasteiger partial charge >= 0.3 is 5.97 Å². The van der Waals surface area contributed by atoms with Crippen molar-refractivity contribution in [2.24, 2.45) is 0 Å². The number of benzene rings is 3. The molecular weight excluding hydrogens is 394 g/mol. The van der Waals surface area contributed by atoms with E-state index in [4.69, 9.17) is 14.0 Å². The van der Waals surface area contributed by atoms with E-state index >= 15 is 0 Å². The Morgan fingerprint density at radius 1 is 0.935 bits per heavy atom. The number of fused-ring (bicyclic) bond motifs is 1. The quantitative estimate of drug-likeness (QED) is 0.310. The van der Waals surface area contributed by atoms with E-state index in [0.29, 0.717) is 17.1 Å². The molecule has 1 aromatic heterocycles. The van der Waals surface area contributed by atoms with Crippen LogP contribution in [0.15, 0.2) is 71.3 Å². The van der Waals surface area contributed by atoms with Crippen molar-refractivity contribution in [3.63, 3.8) is 0 Å². The zero-order valence-corrected chi connectivity index (χ0v) is 17.3. The minimum atomic E-state index is -0.621. The van der Waals surface area contributed by atoms with Crippen LogP contribution in [0.4, 0.5) is 0 Å². The minimum absolute atomic E-state index is 0.197. The van der Waals surface area contributed by atoms with Gasteiger partial charge in [0.25, 0.3) is 0 Å². The third-order valence-electron chi connectivity index (χ3n) is 5.05. The van der Waals surface area contributed by atoms with Crippen LogP contribution in [0.25, 0.3) is 10.8 Å². The summed E-state index contributed by atoms with van der Waals surface area (Å²) >= 11 is 0. The summed E-state index contributed by atoms with van der Waals surface area (Å²) in [6.45, 7) is 3.49. The second kappa shape index (κ2) is 8.83. The van der Waals surface area contributed by atoms with Gasteiger partial charge in [0.2, 0.25) is 0 Å². The molecule has 0 spiro atoms. The van der Waals surface area contributed by atoms with Crippen LogP contribution in [-0.4, -0.2) is 23.5 Å². The number of ketones is 1. The molecule has 6 heteroatoms. The highest BCUT2D eigenvalue weighted by Gasteiger charge is 2.19. The standard InChI is InChI=1S/C25H21NO5/c1-16-22(17(2)31-26-16)14-29-24-13-20-11-7-6-10-19(20)12-21(24)25(28)30-15-23(27)18-8-4-3-5-9-18/h3-13H,14-15H2,1-2H3. The Hall–Kier alpha value is -3.93. The Morgan fingerprint density at radius 3 is 2.29 bits per heavy atom. The first kappa shape index (κ1) is 20.3. The molecule has 0 N–H and O–H groups in total. The number of esters is 1. The van der Waals surface area contributed by atoms with Crippen molar-refractivity contribution < 1.29 is 23.6 Å². The van der Waals surface area contributed by atoms with Crippen molar-refractivity contribution in [2.45, 2.75) is 20.5 Å². The lowest BCUT2D eigenvalue weighted by atomic mass is 10.1. The van der Waals surface area contributed by atoms with Gasteiger partial charge < -0.3 is 14.0 Å². The van der Waals surface area contributed by atoms with Crippen molar-refractivity contribution in [1.29, 1.82) is 0 Å². The molecule has 0 saturated carbocycles. The fraction of sp³-hybridized carbons (Fsp3) is 0.160. The molecule has 0 radical (unpaired) electrons. The molecule has 0 unspecified atom stereocenters. The van der Waals surface area contributed by atoms with Crippen LogP contribution in [0.2, 0.25) is 0 Å². The van der Waals surface area contributed by atoms with Crippen molar-refractivity contribution in [3.8, 4) is 5.75 Å². The zero-order valence-electron chi connectivity index (χ0n) is 17.3. The molecule has 0 amide bonds. The molecule has 31 heavy (non-hydrogen) atoms. The third-order valence-corrected chi connectivity index (χ3v) is 5.05. The molecule has 0 bridgehead atoms. The van der Waals surface area contributed by atoms with Crippen molar-refractivity contribution in [3.05, 3.63) is 94.9 Å². The third kappa shape index (κ3) is 4.48. The van der Waals surface area contributed by atoms with Gasteiger partial charge in [0.15, 0.2) is 12.4 Å². The molecule has 0 aliphatic carbocycles. The Morgan fingerprint density at radius 2 is 1.61 bits per heavy atom. The molecule has 156 valence electrons. The van der Waals surface area contributed by atoms with Gasteiger partial charge in [0.05, 0.1) is 11.3 Å². The highest BCUT2D eigenvalue weighted by atomic mass is 16.5. The number of aryl methyl sites for hydroxylation is 2. The van der Waals surface area contributed by atoms with E-state index in [2.05, 4.69) is 5.16 Å². The Kier molecular flexibility index (Phi) is 5.80. The van der Waals surface area contributed by atoms with Gasteiger partial charge in [-0.15, -0.1) is 0 Å². The second-order valence-corrected chi connectivity index (χ2v) is 7.15. The van der Waals surface area contributed by atoms with Gasteiger partial charge in [-0.2, -0.15) is 0 Å². The molecule has 4 rings (SSSR count). The van der Waals surface area contributed by atoms with Crippen LogP contribution in [0.5, 0.6) is 5.75 Å². The molecule has 0 saturated heterocycles. The highest BCUT2D eigenvalue weighted by molar-refractivity contribution is 6.02. The molecule has 0 atom stereocenters. The molecular formula is C25H21NO5. The number of ether oxygens (including phenoxy) is 2. The summed E-state index contributed by atoms with van der Waals surface area (Å²) in [6.07, 6.45) is 0. The summed E-state index contributed by atoms with van der Waals surface area (Å²) in [5.41, 5.74) is 2.30. The number of aromatic nitrogens is 1. The van der Waals surface area contributed by atoms with Crippen LogP contribution in [0.3, 0.4) is 0 Å². The summed E-state index contributed by atoms with van der Waals surface area (Å²) in [6, 6.07) is 19.9. The average Bonchev–Trinajstić information content (AvgIpc) is 3.12. The fourth-order valence-corrected chi connectivity index (χ4v) is 3.27. The molecule has 6 nitrogen and oxygen atoms in total. The van der Waals surface area contributed by atoms with E-state index in [1.807, 2.05) is 44.2 Å². The lowest BCUT2D eigenvalue weighted by molar-refractivity contribution is 0.0470. The predicted octanol–water partition coefficient (Wildman–Crippen LogP) is 5.06. The van der Waals surface area contributed by atoms with Crippen LogP contribution in [0.1, 0.15) is 37.7 Å². The predicted molar refractivity (Wildman–Crippen MR) is 115 cm³/mol. The maximum absolute atomic E-state index is 12.9. The Bertz CT molecular complexity index is 1220. The van der Waals surface area contributed by atoms with Gasteiger partial charge in [-0.1, -0.05) is 59.8 Å². The number of carbonyl (C=O) groups excluding carboxylic acids is 2. The number of rotatable bonds is 7. The van der Waals surface area contributed by atoms with Gasteiger partial charge in [-0.25, -0.2) is 4.79 Å². The highest BCUT2D eigenvalue weighted by Crippen LogP contribution is 2.28. The normalized spacial score (nSPS) is 10.8. The van der Waals surface area contributed by atoms with Gasteiger partial charge in [0.1, 0.15) is 23.7 Å². The smallest absolute Gasteiger partial charge is 0.342 e. The molecule has 0 fully saturated rings. The van der Waals surface area contributed by atoms with Crippen molar-refractivity contribution in [2.75, 3.05) is 6.61 Å². The lowest BCUT2D eigenvalue weighted by Crippen LogP contribution is -2.15. The summed E-state index contributed by atoms with van der Waals surface area (Å²) < 4.78 is 16.5. The van der Waals surface area contributed by atoms with E-state index in [1.165, 1.54) is 0 Å². The topological polar surface area (TPSA) is 78.6 Å². The molecule has 3 aromatic carbocycles. The van der Waals surface area contributed by atoms with Crippen molar-refractivity contribution in [1.82, 2.24) is 5.16 Å². The van der Waals surface area contributed by atoms with Crippen LogP contribution in [0, 0.1) is 13.8 Å². The minimum Gasteiger partial charge on any atom is -0.488 e. The summed E-state index contributed by atoms with van der Waals surface area (Å²) in [7, 11) is 0. The summed E-state index contributed by atoms with van der Waals surface area (Å²) in [4.78, 5) is 25.2. The number of Topliss-reactive ketones (excluding diaryl/α,β-unsaturated/α-hetero) is 1. The van der Waals surface area contributed by atoms with Gasteiger partial charge in [0, 0.05) is 5.56 Å². The van der Waals surface area contributed by atoms with E-state index in [1.54, 1.807) is 36.4 Å². The number of hydrogen-bond acceptors (Lipinski definition) is 6. The van der Waals surface area contributed by atoms with Crippen molar-refractivity contribution >= 4 is 22.5 Å². The van der Waals surface area contributed by atoms with E-state index < -0.39 is 5.97 Å². The monoisotopic (exact) mass is 415 g/mol. The first-order chi connectivity index (χ1) is 15.0. The lowest BCUT2D eigenvalue weighted by Gasteiger charge is -2.13. The maximum Gasteiger partial charge on any atom is 0.342 e. The SMILES string of the molecule is Cc1noc(C)c1COc1cc2ccccc2cc1C(=O)OCC(=O)c1ccccc1. The maximum atomic E-state index is 12.9. The summed E-state index contributed by atoms with van der Waals surface area (Å²) in [5.74, 6) is 0.142. The van der Waals surface area contributed by atoms with Crippen LogP contribution >= 0.6 is 0 Å². The molecule has 4 aromatic rings. The largest absolute Gasteiger partial charge is 0.488 e. The first-order valence-corrected chi connectivity index (χ1v) is 9.85. The number of carbonyl (C=O) groups is 2. The second-order valence-electron chi connectivity index (χ2n) is 7.15. The van der Waals surface area contributed by atoms with Crippen LogP contribution < -0.4 is 4.74 Å². The van der Waals surface area contributed by atoms with E-state index in [-0.39, 0.29) is 24.6 Å². The van der Waals surface area contributed by atoms with Gasteiger partial charge in [-0.3, -0.25) is 4.79 Å². The van der Waals surface area contributed by atoms with Gasteiger partial charge in [-0.05, 0) is 36.8 Å². The van der Waals surface area contributed by atoms with E-state index in [9.17, 15) is 9.59 Å². The average molecular weight is 415 g/mol. The number of nitrogens with zero attached hydrogens (tertiary/aromatic N) is 1. The molecule has 1 heterocycles. The summed E-state index contributed by atoms with van der Waals surface area (Å²) in [5, 5.41) is 5.72. The van der Waals surface area contributed by atoms with E-state index in [0.717, 1.165) is 22.0 Å². The Labute approximate surface area is 179 Å². The zero-order chi connectivity index (χ0) is 21.8. The molecule has 0 aliphatic rings. The fourth-order valence-electron chi connectivity index (χ4n) is 3.27. The first-order valence-electron chi connectivity index (χ1n) is 9.85. The Balaban J connectivity index is 1.58.